The van der Waals surface area contributed by atoms with Gasteiger partial charge in [-0.3, -0.25) is 4.21 Å². The number of fused-ring (bicyclic) bond motifs is 2. The van der Waals surface area contributed by atoms with Gasteiger partial charge in [-0.1, -0.05) is 30.3 Å². The predicted octanol–water partition coefficient (Wildman–Crippen LogP) is 3.36. The molecule has 0 amide bonds. The molecule has 2 atom stereocenters. The van der Waals surface area contributed by atoms with Gasteiger partial charge in [0.05, 0.1) is 27.6 Å². The van der Waals surface area contributed by atoms with Crippen molar-refractivity contribution in [3.05, 3.63) is 53.6 Å². The van der Waals surface area contributed by atoms with E-state index in [9.17, 15) is 4.21 Å². The highest BCUT2D eigenvalue weighted by atomic mass is 32.2. The molecule has 2 heterocycles. The zero-order chi connectivity index (χ0) is 18.1. The maximum atomic E-state index is 13.0. The molecule has 6 heteroatoms. The minimum absolute atomic E-state index is 0.354. The molecule has 4 rings (SSSR count). The van der Waals surface area contributed by atoms with E-state index in [-0.39, 0.29) is 0 Å². The summed E-state index contributed by atoms with van der Waals surface area (Å²) < 4.78 is 13.0. The summed E-state index contributed by atoms with van der Waals surface area (Å²) in [6, 6.07) is 14.5. The third kappa shape index (κ3) is 3.04. The number of para-hydroxylation sites is 3. The Morgan fingerprint density at radius 2 is 2.12 bits per heavy atom. The molecule has 5 nitrogen and oxygen atoms in total. The molecule has 0 radical (unpaired) electrons. The topological polar surface area (TPSA) is 61.0 Å². The van der Waals surface area contributed by atoms with Crippen LogP contribution in [-0.4, -0.2) is 34.3 Å². The van der Waals surface area contributed by atoms with Gasteiger partial charge >= 0.3 is 0 Å². The van der Waals surface area contributed by atoms with Gasteiger partial charge in [-0.05, 0) is 43.7 Å². The number of nitrogens with one attached hydrogen (secondary N) is 2. The molecule has 3 aromatic rings. The van der Waals surface area contributed by atoms with Crippen LogP contribution in [0.1, 0.15) is 30.5 Å². The van der Waals surface area contributed by atoms with Gasteiger partial charge in [-0.2, -0.15) is 0 Å². The number of aromatic amines is 1. The second-order valence-electron chi connectivity index (χ2n) is 6.61. The fourth-order valence-corrected chi connectivity index (χ4v) is 4.89. The molecule has 0 fully saturated rings. The van der Waals surface area contributed by atoms with E-state index in [0.717, 1.165) is 36.1 Å². The predicted molar refractivity (Wildman–Crippen MR) is 107 cm³/mol. The molecular weight excluding hydrogens is 344 g/mol. The largest absolute Gasteiger partial charge is 0.371 e. The maximum Gasteiger partial charge on any atom is 0.197 e. The molecule has 1 aromatic heterocycles. The van der Waals surface area contributed by atoms with E-state index in [0.29, 0.717) is 17.0 Å². The number of hydrogen-bond acceptors (Lipinski definition) is 4. The number of nitrogens with zero attached hydrogens (tertiary/aromatic N) is 2. The van der Waals surface area contributed by atoms with Gasteiger partial charge in [0.15, 0.2) is 5.16 Å². The van der Waals surface area contributed by atoms with Crippen molar-refractivity contribution in [3.8, 4) is 0 Å². The Morgan fingerprint density at radius 1 is 1.27 bits per heavy atom. The normalized spacial score (nSPS) is 18.1. The number of anilines is 1. The molecule has 26 heavy (non-hydrogen) atoms. The number of hydrogen-bond donors (Lipinski definition) is 2. The monoisotopic (exact) mass is 368 g/mol. The van der Waals surface area contributed by atoms with Crippen LogP contribution >= 0.6 is 0 Å². The van der Waals surface area contributed by atoms with Crippen molar-refractivity contribution in [1.29, 1.82) is 0 Å². The quantitative estimate of drug-likeness (QED) is 0.725. The van der Waals surface area contributed by atoms with Crippen molar-refractivity contribution in [2.45, 2.75) is 30.3 Å². The summed E-state index contributed by atoms with van der Waals surface area (Å²) in [5, 5.41) is 3.96. The molecule has 0 saturated carbocycles. The van der Waals surface area contributed by atoms with Crippen molar-refractivity contribution >= 4 is 27.5 Å². The summed E-state index contributed by atoms with van der Waals surface area (Å²) in [4.78, 5) is 10.1. The summed E-state index contributed by atoms with van der Waals surface area (Å²) >= 11 is 0. The summed E-state index contributed by atoms with van der Waals surface area (Å²) in [7, 11) is 0.800. The lowest BCUT2D eigenvalue weighted by atomic mass is 9.94. The second kappa shape index (κ2) is 7.21. The Morgan fingerprint density at radius 3 is 2.88 bits per heavy atom. The summed E-state index contributed by atoms with van der Waals surface area (Å²) in [6.07, 6.45) is 1.09. The van der Waals surface area contributed by atoms with Crippen LogP contribution in [0.5, 0.6) is 0 Å². The Hall–Kier alpha value is -2.18. The zero-order valence-corrected chi connectivity index (χ0v) is 16.0. The van der Waals surface area contributed by atoms with Gasteiger partial charge < -0.3 is 15.2 Å². The molecular formula is C20H24N4OS. The molecule has 1 aliphatic rings. The van der Waals surface area contributed by atoms with Gasteiger partial charge in [0.1, 0.15) is 0 Å². The Labute approximate surface area is 156 Å². The number of benzene rings is 2. The van der Waals surface area contributed by atoms with Crippen LogP contribution in [0.3, 0.4) is 0 Å². The molecule has 2 unspecified atom stereocenters. The van der Waals surface area contributed by atoms with Gasteiger partial charge in [0.2, 0.25) is 0 Å². The third-order valence-electron chi connectivity index (χ3n) is 5.13. The first-order valence-electron chi connectivity index (χ1n) is 9.08. The van der Waals surface area contributed by atoms with E-state index >= 15 is 0 Å². The third-order valence-corrected chi connectivity index (χ3v) is 6.33. The van der Waals surface area contributed by atoms with E-state index < -0.39 is 10.8 Å². The number of aromatic nitrogens is 2. The van der Waals surface area contributed by atoms with Crippen molar-refractivity contribution in [2.24, 2.45) is 0 Å². The average Bonchev–Trinajstić information content (AvgIpc) is 3.11. The van der Waals surface area contributed by atoms with Crippen LogP contribution in [0, 0.1) is 0 Å². The van der Waals surface area contributed by atoms with Gasteiger partial charge in [-0.25, -0.2) is 4.98 Å². The number of imidazole rings is 1. The zero-order valence-electron chi connectivity index (χ0n) is 15.2. The van der Waals surface area contributed by atoms with Crippen LogP contribution in [0.2, 0.25) is 0 Å². The minimum atomic E-state index is -1.21. The summed E-state index contributed by atoms with van der Waals surface area (Å²) in [5.74, 6) is 0.468. The first-order chi connectivity index (χ1) is 12.7. The highest BCUT2D eigenvalue weighted by Crippen LogP contribution is 2.37. The Bertz CT molecular complexity index is 919. The highest BCUT2D eigenvalue weighted by molar-refractivity contribution is 7.84. The first kappa shape index (κ1) is 17.2. The fourth-order valence-electron chi connectivity index (χ4n) is 3.81. The smallest absolute Gasteiger partial charge is 0.197 e. The van der Waals surface area contributed by atoms with Crippen molar-refractivity contribution < 1.29 is 4.21 Å². The number of rotatable bonds is 5. The second-order valence-corrected chi connectivity index (χ2v) is 7.98. The number of H-pyrrole nitrogens is 1. The maximum absolute atomic E-state index is 13.0. The van der Waals surface area contributed by atoms with E-state index in [1.54, 1.807) is 0 Å². The van der Waals surface area contributed by atoms with Crippen LogP contribution in [-0.2, 0) is 16.6 Å². The Kier molecular flexibility index (Phi) is 4.78. The summed E-state index contributed by atoms with van der Waals surface area (Å²) in [5.41, 5.74) is 5.46. The lowest BCUT2D eigenvalue weighted by Gasteiger charge is -2.36. The molecule has 0 aliphatic carbocycles. The fraction of sp³-hybridized carbons (Fsp3) is 0.350. The first-order valence-corrected chi connectivity index (χ1v) is 10.4. The van der Waals surface area contributed by atoms with Gasteiger partial charge in [-0.15, -0.1) is 0 Å². The van der Waals surface area contributed by atoms with Crippen molar-refractivity contribution in [3.63, 3.8) is 0 Å². The molecule has 0 spiro atoms. The lowest BCUT2D eigenvalue weighted by molar-refractivity contribution is 0.519. The summed E-state index contributed by atoms with van der Waals surface area (Å²) in [6.45, 7) is 4.15. The van der Waals surface area contributed by atoms with Crippen molar-refractivity contribution in [2.75, 3.05) is 25.0 Å². The molecule has 2 N–H and O–H groups in total. The van der Waals surface area contributed by atoms with E-state index in [1.165, 1.54) is 11.3 Å². The van der Waals surface area contributed by atoms with E-state index in [2.05, 4.69) is 45.3 Å². The van der Waals surface area contributed by atoms with E-state index in [4.69, 9.17) is 0 Å². The van der Waals surface area contributed by atoms with Crippen molar-refractivity contribution in [1.82, 2.24) is 15.3 Å². The standard InChI is InChI=1S/C20H24N4OS/c1-3-24-12-11-16(21-2)15-8-6-7-14(19(15)24)13-26(25)20-22-17-9-4-5-10-18(17)23-20/h4-10,16,21H,3,11-13H2,1-2H3,(H,22,23). The van der Waals surface area contributed by atoms with Crippen LogP contribution in [0.15, 0.2) is 47.6 Å². The van der Waals surface area contributed by atoms with Crippen LogP contribution < -0.4 is 10.2 Å². The average molecular weight is 369 g/mol. The molecule has 2 aromatic carbocycles. The molecule has 136 valence electrons. The van der Waals surface area contributed by atoms with Gasteiger partial charge in [0, 0.05) is 24.8 Å². The SMILES string of the molecule is CCN1CCC(NC)c2cccc(CS(=O)c3nc4ccccc4[nH]3)c21. The highest BCUT2D eigenvalue weighted by Gasteiger charge is 2.26. The van der Waals surface area contributed by atoms with E-state index in [1.807, 2.05) is 31.3 Å². The lowest BCUT2D eigenvalue weighted by Crippen LogP contribution is -2.35. The molecule has 0 bridgehead atoms. The van der Waals surface area contributed by atoms with Crippen LogP contribution in [0.25, 0.3) is 11.0 Å². The molecule has 1 aliphatic heterocycles. The van der Waals surface area contributed by atoms with Gasteiger partial charge in [0.25, 0.3) is 0 Å². The Balaban J connectivity index is 1.68. The molecule has 0 saturated heterocycles. The van der Waals surface area contributed by atoms with Crippen LogP contribution in [0.4, 0.5) is 5.69 Å². The minimum Gasteiger partial charge on any atom is -0.371 e.